The molecule has 0 spiro atoms. The lowest BCUT2D eigenvalue weighted by Gasteiger charge is -2.25. The number of hydrogen-bond acceptors (Lipinski definition) is 4. The molecule has 72 valence electrons. The van der Waals surface area contributed by atoms with Gasteiger partial charge in [-0.15, -0.1) is 0 Å². The van der Waals surface area contributed by atoms with Crippen LogP contribution in [-0.4, -0.2) is 36.0 Å². The third-order valence-corrected chi connectivity index (χ3v) is 2.06. The van der Waals surface area contributed by atoms with Crippen LogP contribution in [0.25, 0.3) is 0 Å². The molecule has 1 aliphatic rings. The zero-order valence-corrected chi connectivity index (χ0v) is 8.18. The Morgan fingerprint density at radius 2 is 2.15 bits per heavy atom. The predicted molar refractivity (Wildman–Crippen MR) is 51.8 cm³/mol. The van der Waals surface area contributed by atoms with Gasteiger partial charge in [0, 0.05) is 13.1 Å². The maximum atomic E-state index is 11.3. The molecule has 0 unspecified atom stereocenters. The number of carbonyl (C=O) groups is 1. The van der Waals surface area contributed by atoms with Crippen molar-refractivity contribution in [2.75, 3.05) is 19.8 Å². The lowest BCUT2D eigenvalue weighted by molar-refractivity contribution is 0.0981. The molecule has 0 bridgehead atoms. The molecular formula is C8H12N2O2S. The zero-order chi connectivity index (χ0) is 9.52. The smallest absolute Gasteiger partial charge is 0.411 e. The Kier molecular flexibility index (Phi) is 4.43. The number of thiocarbonyl (C=S) groups is 1. The minimum Gasteiger partial charge on any atom is -0.425 e. The van der Waals surface area contributed by atoms with E-state index in [0.29, 0.717) is 0 Å². The van der Waals surface area contributed by atoms with Gasteiger partial charge in [-0.05, 0) is 31.5 Å². The number of rotatable bonds is 2. The molecule has 1 amide bonds. The van der Waals surface area contributed by atoms with E-state index in [2.05, 4.69) is 22.4 Å². The first-order valence-electron chi connectivity index (χ1n) is 4.30. The standard InChI is InChI=1S/C8H12N2O2S/c11-8(12-6-9-7-13)10-4-2-1-3-5-10/h1-6H2. The van der Waals surface area contributed by atoms with Crippen LogP contribution in [0, 0.1) is 0 Å². The predicted octanol–water partition coefficient (Wildman–Crippen LogP) is 1.67. The van der Waals surface area contributed by atoms with E-state index < -0.39 is 0 Å². The van der Waals surface area contributed by atoms with Gasteiger partial charge in [-0.3, -0.25) is 0 Å². The van der Waals surface area contributed by atoms with Gasteiger partial charge in [0.05, 0.1) is 5.16 Å². The lowest BCUT2D eigenvalue weighted by Crippen LogP contribution is -2.36. The molecule has 0 radical (unpaired) electrons. The van der Waals surface area contributed by atoms with Gasteiger partial charge >= 0.3 is 6.09 Å². The molecule has 0 aromatic carbocycles. The van der Waals surface area contributed by atoms with Crippen LogP contribution in [0.3, 0.4) is 0 Å². The second-order valence-corrected chi connectivity index (χ2v) is 3.02. The number of aliphatic imine (C=N–C) groups is 1. The highest BCUT2D eigenvalue weighted by Crippen LogP contribution is 2.09. The summed E-state index contributed by atoms with van der Waals surface area (Å²) in [6.45, 7) is 1.57. The second kappa shape index (κ2) is 5.67. The zero-order valence-electron chi connectivity index (χ0n) is 7.36. The third-order valence-electron chi connectivity index (χ3n) is 1.93. The lowest BCUT2D eigenvalue weighted by atomic mass is 10.1. The summed E-state index contributed by atoms with van der Waals surface area (Å²) in [5, 5.41) is 2.14. The van der Waals surface area contributed by atoms with Crippen molar-refractivity contribution in [1.29, 1.82) is 0 Å². The minimum atomic E-state index is -0.297. The molecule has 4 nitrogen and oxygen atoms in total. The molecule has 1 rings (SSSR count). The normalized spacial score (nSPS) is 16.2. The van der Waals surface area contributed by atoms with Crippen molar-refractivity contribution >= 4 is 23.5 Å². The first-order valence-corrected chi connectivity index (χ1v) is 4.71. The fraction of sp³-hybridized carbons (Fsp3) is 0.750. The van der Waals surface area contributed by atoms with Crippen LogP contribution < -0.4 is 0 Å². The van der Waals surface area contributed by atoms with Gasteiger partial charge in [0.1, 0.15) is 0 Å². The summed E-state index contributed by atoms with van der Waals surface area (Å²) in [4.78, 5) is 16.5. The maximum absolute atomic E-state index is 11.3. The average molecular weight is 200 g/mol. The van der Waals surface area contributed by atoms with Gasteiger partial charge in [-0.2, -0.15) is 4.99 Å². The molecule has 1 fully saturated rings. The van der Waals surface area contributed by atoms with Crippen molar-refractivity contribution in [1.82, 2.24) is 4.90 Å². The first-order chi connectivity index (χ1) is 6.34. The second-order valence-electron chi connectivity index (χ2n) is 2.84. The summed E-state index contributed by atoms with van der Waals surface area (Å²) in [5.41, 5.74) is 0. The van der Waals surface area contributed by atoms with Crippen molar-refractivity contribution in [3.05, 3.63) is 0 Å². The van der Waals surface area contributed by atoms with Crippen LogP contribution in [0.5, 0.6) is 0 Å². The van der Waals surface area contributed by atoms with Gasteiger partial charge in [-0.1, -0.05) is 0 Å². The van der Waals surface area contributed by atoms with Gasteiger partial charge in [-0.25, -0.2) is 4.79 Å². The van der Waals surface area contributed by atoms with E-state index in [4.69, 9.17) is 4.74 Å². The summed E-state index contributed by atoms with van der Waals surface area (Å²) in [7, 11) is 0. The number of ether oxygens (including phenoxy) is 1. The van der Waals surface area contributed by atoms with Crippen LogP contribution in [0.15, 0.2) is 4.99 Å². The van der Waals surface area contributed by atoms with Crippen LogP contribution in [0.4, 0.5) is 4.79 Å². The number of piperidine rings is 1. The third kappa shape index (κ3) is 3.53. The molecule has 0 saturated carbocycles. The highest BCUT2D eigenvalue weighted by Gasteiger charge is 2.16. The summed E-state index contributed by atoms with van der Waals surface area (Å²) in [6, 6.07) is 0. The van der Waals surface area contributed by atoms with Crippen molar-refractivity contribution in [3.63, 3.8) is 0 Å². The Morgan fingerprint density at radius 1 is 1.46 bits per heavy atom. The van der Waals surface area contributed by atoms with Crippen molar-refractivity contribution in [3.8, 4) is 0 Å². The first kappa shape index (κ1) is 10.2. The minimum absolute atomic E-state index is 0.0150. The molecule has 1 aliphatic heterocycles. The molecule has 0 aromatic heterocycles. The van der Waals surface area contributed by atoms with Crippen molar-refractivity contribution < 1.29 is 9.53 Å². The van der Waals surface area contributed by atoms with Crippen LogP contribution in [0.1, 0.15) is 19.3 Å². The number of hydrogen-bond donors (Lipinski definition) is 0. The van der Waals surface area contributed by atoms with Crippen LogP contribution >= 0.6 is 12.2 Å². The molecular weight excluding hydrogens is 188 g/mol. The van der Waals surface area contributed by atoms with Gasteiger partial charge in [0.25, 0.3) is 0 Å². The number of carbonyl (C=O) groups excluding carboxylic acids is 1. The van der Waals surface area contributed by atoms with Crippen LogP contribution in [0.2, 0.25) is 0 Å². The Bertz CT molecular complexity index is 220. The topological polar surface area (TPSA) is 41.9 Å². The molecule has 5 heteroatoms. The van der Waals surface area contributed by atoms with E-state index in [1.165, 1.54) is 6.42 Å². The molecule has 1 heterocycles. The largest absolute Gasteiger partial charge is 0.425 e. The molecule has 0 atom stereocenters. The highest BCUT2D eigenvalue weighted by atomic mass is 32.1. The maximum Gasteiger partial charge on any atom is 0.411 e. The van der Waals surface area contributed by atoms with Gasteiger partial charge in [0.2, 0.25) is 0 Å². The summed E-state index contributed by atoms with van der Waals surface area (Å²) in [6.07, 6.45) is 3.02. The van der Waals surface area contributed by atoms with Crippen molar-refractivity contribution in [2.24, 2.45) is 4.99 Å². The fourth-order valence-corrected chi connectivity index (χ4v) is 1.33. The molecule has 1 saturated heterocycles. The van der Waals surface area contributed by atoms with E-state index in [-0.39, 0.29) is 12.8 Å². The van der Waals surface area contributed by atoms with E-state index >= 15 is 0 Å². The Morgan fingerprint density at radius 3 is 2.77 bits per heavy atom. The summed E-state index contributed by atoms with van der Waals surface area (Å²) in [5.74, 6) is 0. The molecule has 0 aliphatic carbocycles. The number of isothiocyanates is 1. The van der Waals surface area contributed by atoms with E-state index in [1.807, 2.05) is 0 Å². The Labute approximate surface area is 82.6 Å². The number of amides is 1. The number of nitrogens with zero attached hydrogens (tertiary/aromatic N) is 2. The average Bonchev–Trinajstić information content (AvgIpc) is 2.19. The van der Waals surface area contributed by atoms with Gasteiger partial charge < -0.3 is 9.64 Å². The van der Waals surface area contributed by atoms with E-state index in [9.17, 15) is 4.79 Å². The van der Waals surface area contributed by atoms with Crippen molar-refractivity contribution in [2.45, 2.75) is 19.3 Å². The summed E-state index contributed by atoms with van der Waals surface area (Å²) < 4.78 is 4.81. The highest BCUT2D eigenvalue weighted by molar-refractivity contribution is 7.78. The number of likely N-dealkylation sites (tertiary alicyclic amines) is 1. The fourth-order valence-electron chi connectivity index (χ4n) is 1.28. The van der Waals surface area contributed by atoms with E-state index in [1.54, 1.807) is 4.90 Å². The molecule has 0 N–H and O–H groups in total. The Balaban J connectivity index is 2.24. The SMILES string of the molecule is O=C(OCN=C=S)N1CCCCC1. The van der Waals surface area contributed by atoms with Crippen LogP contribution in [-0.2, 0) is 4.74 Å². The molecule has 0 aromatic rings. The quantitative estimate of drug-likeness (QED) is 0.503. The molecule has 13 heavy (non-hydrogen) atoms. The van der Waals surface area contributed by atoms with E-state index in [0.717, 1.165) is 25.9 Å². The van der Waals surface area contributed by atoms with Gasteiger partial charge in [0.15, 0.2) is 6.73 Å². The Hall–Kier alpha value is -0.930. The summed E-state index contributed by atoms with van der Waals surface area (Å²) >= 11 is 4.34. The monoisotopic (exact) mass is 200 g/mol.